The standard InChI is InChI=1S/C6H11Cl3S2/c1-4(2)10-11-5(3)6(7,8)9/h4-5H,1-3H3/t5-/m0/s1. The van der Waals surface area contributed by atoms with Crippen LogP contribution in [-0.2, 0) is 0 Å². The smallest absolute Gasteiger partial charge is 0.0909 e. The maximum Gasteiger partial charge on any atom is 0.202 e. The normalized spacial score (nSPS) is 15.5. The van der Waals surface area contributed by atoms with Crippen LogP contribution in [0.5, 0.6) is 0 Å². The summed E-state index contributed by atoms with van der Waals surface area (Å²) < 4.78 is -1.15. The maximum atomic E-state index is 5.66. The Labute approximate surface area is 91.1 Å². The predicted molar refractivity (Wildman–Crippen MR) is 60.1 cm³/mol. The van der Waals surface area contributed by atoms with Crippen molar-refractivity contribution in [1.29, 1.82) is 0 Å². The van der Waals surface area contributed by atoms with Gasteiger partial charge in [-0.25, -0.2) is 0 Å². The average Bonchev–Trinajstić information content (AvgIpc) is 1.80. The van der Waals surface area contributed by atoms with Crippen molar-refractivity contribution < 1.29 is 0 Å². The Kier molecular flexibility index (Phi) is 6.09. The predicted octanol–water partition coefficient (Wildman–Crippen LogP) is 4.53. The highest BCUT2D eigenvalue weighted by Crippen LogP contribution is 2.43. The molecule has 0 saturated heterocycles. The summed E-state index contributed by atoms with van der Waals surface area (Å²) in [4.78, 5) is 0. The van der Waals surface area contributed by atoms with E-state index in [0.717, 1.165) is 0 Å². The van der Waals surface area contributed by atoms with Gasteiger partial charge in [0.15, 0.2) is 0 Å². The third-order valence-corrected chi connectivity index (χ3v) is 5.72. The van der Waals surface area contributed by atoms with Crippen molar-refractivity contribution >= 4 is 56.4 Å². The summed E-state index contributed by atoms with van der Waals surface area (Å²) in [5.74, 6) is 0. The van der Waals surface area contributed by atoms with Crippen LogP contribution < -0.4 is 0 Å². The maximum absolute atomic E-state index is 5.66. The molecule has 0 aliphatic rings. The van der Waals surface area contributed by atoms with Gasteiger partial charge in [0.05, 0.1) is 5.25 Å². The van der Waals surface area contributed by atoms with E-state index in [4.69, 9.17) is 34.8 Å². The van der Waals surface area contributed by atoms with E-state index in [1.54, 1.807) is 21.6 Å². The third kappa shape index (κ3) is 6.71. The molecule has 11 heavy (non-hydrogen) atoms. The molecule has 0 bridgehead atoms. The lowest BCUT2D eigenvalue weighted by Gasteiger charge is -2.19. The average molecular weight is 254 g/mol. The van der Waals surface area contributed by atoms with Gasteiger partial charge in [0.1, 0.15) is 0 Å². The molecule has 0 nitrogen and oxygen atoms in total. The molecule has 0 saturated carbocycles. The molecule has 5 heteroatoms. The van der Waals surface area contributed by atoms with Crippen LogP contribution in [-0.4, -0.2) is 14.3 Å². The van der Waals surface area contributed by atoms with Crippen LogP contribution in [0.1, 0.15) is 20.8 Å². The van der Waals surface area contributed by atoms with Gasteiger partial charge in [-0.15, -0.1) is 0 Å². The minimum absolute atomic E-state index is 0.0277. The molecule has 0 N–H and O–H groups in total. The minimum Gasteiger partial charge on any atom is -0.0909 e. The molecule has 0 fully saturated rings. The lowest BCUT2D eigenvalue weighted by atomic mass is 10.5. The molecular formula is C6H11Cl3S2. The zero-order valence-electron chi connectivity index (χ0n) is 6.61. The van der Waals surface area contributed by atoms with Crippen LogP contribution in [0.15, 0.2) is 0 Å². The monoisotopic (exact) mass is 252 g/mol. The Balaban J connectivity index is 3.61. The van der Waals surface area contributed by atoms with Gasteiger partial charge in [-0.3, -0.25) is 0 Å². The zero-order valence-corrected chi connectivity index (χ0v) is 10.5. The Bertz CT molecular complexity index is 111. The van der Waals surface area contributed by atoms with Gasteiger partial charge in [0, 0.05) is 5.25 Å². The number of hydrogen-bond donors (Lipinski definition) is 0. The second-order valence-corrected chi connectivity index (χ2v) is 7.98. The SMILES string of the molecule is CC(C)SS[C@@H](C)C(Cl)(Cl)Cl. The van der Waals surface area contributed by atoms with E-state index in [2.05, 4.69) is 13.8 Å². The van der Waals surface area contributed by atoms with E-state index in [1.807, 2.05) is 6.92 Å². The molecule has 68 valence electrons. The number of hydrogen-bond acceptors (Lipinski definition) is 2. The van der Waals surface area contributed by atoms with Crippen LogP contribution in [0.25, 0.3) is 0 Å². The van der Waals surface area contributed by atoms with Crippen LogP contribution in [0.4, 0.5) is 0 Å². The van der Waals surface area contributed by atoms with E-state index in [9.17, 15) is 0 Å². The first-order valence-corrected chi connectivity index (χ1v) is 6.64. The van der Waals surface area contributed by atoms with Crippen LogP contribution in [0, 0.1) is 0 Å². The summed E-state index contributed by atoms with van der Waals surface area (Å²) in [6.45, 7) is 6.14. The summed E-state index contributed by atoms with van der Waals surface area (Å²) in [5, 5.41) is 0.592. The molecule has 0 amide bonds. The first-order valence-electron chi connectivity index (χ1n) is 3.23. The molecule has 0 unspecified atom stereocenters. The highest BCUT2D eigenvalue weighted by Gasteiger charge is 2.29. The van der Waals surface area contributed by atoms with Crippen LogP contribution in [0.2, 0.25) is 0 Å². The fourth-order valence-corrected chi connectivity index (χ4v) is 3.22. The lowest BCUT2D eigenvalue weighted by molar-refractivity contribution is 1.00. The van der Waals surface area contributed by atoms with Crippen molar-refractivity contribution in [1.82, 2.24) is 0 Å². The summed E-state index contributed by atoms with van der Waals surface area (Å²) in [7, 11) is 3.34. The molecule has 0 aliphatic carbocycles. The summed E-state index contributed by atoms with van der Waals surface area (Å²) in [5.41, 5.74) is 0. The molecular weight excluding hydrogens is 243 g/mol. The van der Waals surface area contributed by atoms with Crippen molar-refractivity contribution in [3.8, 4) is 0 Å². The summed E-state index contributed by atoms with van der Waals surface area (Å²) >= 11 is 17.0. The fraction of sp³-hybridized carbons (Fsp3) is 1.00. The zero-order chi connectivity index (χ0) is 9.07. The van der Waals surface area contributed by atoms with Crippen molar-refractivity contribution in [2.24, 2.45) is 0 Å². The van der Waals surface area contributed by atoms with Crippen molar-refractivity contribution in [2.75, 3.05) is 0 Å². The van der Waals surface area contributed by atoms with E-state index in [1.165, 1.54) is 0 Å². The van der Waals surface area contributed by atoms with Gasteiger partial charge in [0.2, 0.25) is 3.79 Å². The molecule has 0 aromatic rings. The number of alkyl halides is 3. The molecule has 1 atom stereocenters. The third-order valence-electron chi connectivity index (χ3n) is 0.853. The number of rotatable bonds is 3. The van der Waals surface area contributed by atoms with Gasteiger partial charge in [-0.05, 0) is 6.92 Å². The van der Waals surface area contributed by atoms with Crippen molar-refractivity contribution in [2.45, 2.75) is 35.1 Å². The second kappa shape index (κ2) is 5.33. The second-order valence-electron chi connectivity index (χ2n) is 2.43. The van der Waals surface area contributed by atoms with E-state index >= 15 is 0 Å². The topological polar surface area (TPSA) is 0 Å². The largest absolute Gasteiger partial charge is 0.202 e. The van der Waals surface area contributed by atoms with Gasteiger partial charge >= 0.3 is 0 Å². The molecule has 0 heterocycles. The molecule has 0 aliphatic heterocycles. The Morgan fingerprint density at radius 3 is 1.73 bits per heavy atom. The Hall–Kier alpha value is 1.57. The highest BCUT2D eigenvalue weighted by atomic mass is 35.6. The quantitative estimate of drug-likeness (QED) is 0.535. The Morgan fingerprint density at radius 2 is 1.45 bits per heavy atom. The van der Waals surface area contributed by atoms with Crippen molar-refractivity contribution in [3.05, 3.63) is 0 Å². The summed E-state index contributed by atoms with van der Waals surface area (Å²) in [6, 6.07) is 0. The van der Waals surface area contributed by atoms with Gasteiger partial charge in [-0.1, -0.05) is 70.2 Å². The fourth-order valence-electron chi connectivity index (χ4n) is 0.249. The summed E-state index contributed by atoms with van der Waals surface area (Å²) in [6.07, 6.45) is 0. The van der Waals surface area contributed by atoms with Crippen molar-refractivity contribution in [3.63, 3.8) is 0 Å². The van der Waals surface area contributed by atoms with Gasteiger partial charge < -0.3 is 0 Å². The molecule has 0 aromatic carbocycles. The van der Waals surface area contributed by atoms with Crippen LogP contribution in [0.3, 0.4) is 0 Å². The van der Waals surface area contributed by atoms with Gasteiger partial charge in [-0.2, -0.15) is 0 Å². The van der Waals surface area contributed by atoms with Gasteiger partial charge in [0.25, 0.3) is 0 Å². The van der Waals surface area contributed by atoms with E-state index in [-0.39, 0.29) is 5.25 Å². The highest BCUT2D eigenvalue weighted by molar-refractivity contribution is 8.77. The van der Waals surface area contributed by atoms with E-state index < -0.39 is 3.79 Å². The molecule has 0 radical (unpaired) electrons. The minimum atomic E-state index is -1.15. The van der Waals surface area contributed by atoms with E-state index in [0.29, 0.717) is 5.25 Å². The molecule has 0 spiro atoms. The molecule has 0 rings (SSSR count). The van der Waals surface area contributed by atoms with Crippen LogP contribution >= 0.6 is 56.4 Å². The molecule has 0 aromatic heterocycles. The first-order chi connectivity index (χ1) is 4.84. The first kappa shape index (κ1) is 12.6. The Morgan fingerprint density at radius 1 is 1.00 bits per heavy atom. The lowest BCUT2D eigenvalue weighted by Crippen LogP contribution is -2.17. The number of halogens is 3.